The average molecular weight is 467 g/mol. The number of amides is 2. The number of benzene rings is 2. The molecule has 7 nitrogen and oxygen atoms in total. The molecule has 174 valence electrons. The van der Waals surface area contributed by atoms with Crippen LogP contribution >= 0.6 is 12.2 Å². The van der Waals surface area contributed by atoms with Crippen LogP contribution in [0.4, 0.5) is 0 Å². The predicted octanol–water partition coefficient (Wildman–Crippen LogP) is 3.87. The van der Waals surface area contributed by atoms with Gasteiger partial charge in [0.2, 0.25) is 6.41 Å². The fraction of sp³-hybridized carbons (Fsp3) is 0.360. The zero-order valence-electron chi connectivity index (χ0n) is 19.0. The Hall–Kier alpha value is -3.26. The Labute approximate surface area is 198 Å². The lowest BCUT2D eigenvalue weighted by Gasteiger charge is -2.22. The molecule has 1 aliphatic rings. The Morgan fingerprint density at radius 1 is 1.15 bits per heavy atom. The van der Waals surface area contributed by atoms with Crippen molar-refractivity contribution in [1.82, 2.24) is 19.8 Å². The van der Waals surface area contributed by atoms with Crippen molar-refractivity contribution in [3.63, 3.8) is 0 Å². The summed E-state index contributed by atoms with van der Waals surface area (Å²) in [5.74, 6) is -0.0958. The maximum Gasteiger partial charge on any atom is 0.262 e. The summed E-state index contributed by atoms with van der Waals surface area (Å²) in [7, 11) is 3.38. The maximum absolute atomic E-state index is 12.9. The van der Waals surface area contributed by atoms with Gasteiger partial charge in [0.15, 0.2) is 4.77 Å². The molecule has 1 aliphatic carbocycles. The number of H-pyrrole nitrogens is 1. The lowest BCUT2D eigenvalue weighted by molar-refractivity contribution is -0.115. The van der Waals surface area contributed by atoms with Gasteiger partial charge in [0, 0.05) is 25.7 Å². The van der Waals surface area contributed by atoms with Crippen LogP contribution < -0.4 is 10.9 Å². The summed E-state index contributed by atoms with van der Waals surface area (Å²) >= 11 is 5.41. The highest BCUT2D eigenvalue weighted by molar-refractivity contribution is 7.71. The fourth-order valence-corrected chi connectivity index (χ4v) is 4.08. The van der Waals surface area contributed by atoms with Gasteiger partial charge < -0.3 is 15.2 Å². The van der Waals surface area contributed by atoms with E-state index < -0.39 is 0 Å². The van der Waals surface area contributed by atoms with E-state index in [0.29, 0.717) is 27.8 Å². The zero-order valence-corrected chi connectivity index (χ0v) is 19.9. The first-order chi connectivity index (χ1) is 15.9. The van der Waals surface area contributed by atoms with E-state index in [1.54, 1.807) is 36.9 Å². The molecule has 4 rings (SSSR count). The first-order valence-electron chi connectivity index (χ1n) is 11.1. The van der Waals surface area contributed by atoms with Crippen molar-refractivity contribution < 1.29 is 9.59 Å². The van der Waals surface area contributed by atoms with Gasteiger partial charge in [-0.05, 0) is 48.8 Å². The number of rotatable bonds is 5. The van der Waals surface area contributed by atoms with E-state index >= 15 is 0 Å². The number of hydrogen-bond acceptors (Lipinski definition) is 4. The SMILES string of the molecule is CN(C)C=O.O=C(NC1CCCCC1)c1ccc2c(=O)n(Cc3ccccc3)c(=S)[nH]c2c1. The van der Waals surface area contributed by atoms with Crippen LogP contribution in [0.2, 0.25) is 0 Å². The number of fused-ring (bicyclic) bond motifs is 1. The average Bonchev–Trinajstić information content (AvgIpc) is 2.83. The molecule has 0 unspecified atom stereocenters. The van der Waals surface area contributed by atoms with Crippen LogP contribution in [0.1, 0.15) is 48.0 Å². The molecule has 0 atom stereocenters. The standard InChI is InChI=1S/C22H23N3O2S.C3H7NO/c26-20(23-17-9-5-2-6-10-17)16-11-12-18-19(13-16)24-22(28)25(21(18)27)14-15-7-3-1-4-8-15;1-4(2)3-5/h1,3-4,7-8,11-13,17H,2,5-6,9-10,14H2,(H,23,26)(H,24,28);3H,1-2H3. The molecule has 3 aromatic rings. The van der Waals surface area contributed by atoms with Gasteiger partial charge in [0.25, 0.3) is 11.5 Å². The van der Waals surface area contributed by atoms with E-state index in [9.17, 15) is 14.4 Å². The van der Waals surface area contributed by atoms with Crippen LogP contribution in [-0.4, -0.2) is 46.9 Å². The minimum Gasteiger partial charge on any atom is -0.351 e. The number of carbonyl (C=O) groups excluding carboxylic acids is 2. The van der Waals surface area contributed by atoms with Gasteiger partial charge in [0.1, 0.15) is 0 Å². The number of aromatic amines is 1. The van der Waals surface area contributed by atoms with E-state index in [-0.39, 0.29) is 17.5 Å². The number of carbonyl (C=O) groups is 2. The quantitative estimate of drug-likeness (QED) is 0.441. The summed E-state index contributed by atoms with van der Waals surface area (Å²) in [6.45, 7) is 0.412. The Morgan fingerprint density at radius 2 is 1.82 bits per heavy atom. The third-order valence-corrected chi connectivity index (χ3v) is 5.90. The number of hydrogen-bond donors (Lipinski definition) is 2. The molecule has 0 spiro atoms. The third-order valence-electron chi connectivity index (χ3n) is 5.58. The number of nitrogens with zero attached hydrogens (tertiary/aromatic N) is 2. The molecule has 0 radical (unpaired) electrons. The van der Waals surface area contributed by atoms with E-state index in [0.717, 1.165) is 37.7 Å². The van der Waals surface area contributed by atoms with Crippen molar-refractivity contribution in [2.45, 2.75) is 44.7 Å². The molecule has 8 heteroatoms. The van der Waals surface area contributed by atoms with Crippen LogP contribution in [-0.2, 0) is 11.3 Å². The summed E-state index contributed by atoms with van der Waals surface area (Å²) < 4.78 is 1.90. The van der Waals surface area contributed by atoms with Gasteiger partial charge >= 0.3 is 0 Å². The van der Waals surface area contributed by atoms with Gasteiger partial charge in [-0.15, -0.1) is 0 Å². The summed E-state index contributed by atoms with van der Waals surface area (Å²) in [6, 6.07) is 15.1. The molecule has 0 aliphatic heterocycles. The number of aromatic nitrogens is 2. The second-order valence-corrected chi connectivity index (χ2v) is 8.83. The fourth-order valence-electron chi connectivity index (χ4n) is 3.82. The lowest BCUT2D eigenvalue weighted by Crippen LogP contribution is -2.36. The highest BCUT2D eigenvalue weighted by atomic mass is 32.1. The highest BCUT2D eigenvalue weighted by Crippen LogP contribution is 2.18. The molecule has 1 saturated carbocycles. The first-order valence-corrected chi connectivity index (χ1v) is 11.5. The van der Waals surface area contributed by atoms with Crippen LogP contribution in [0.25, 0.3) is 10.9 Å². The molecule has 1 aromatic heterocycles. The van der Waals surface area contributed by atoms with Crippen molar-refractivity contribution in [2.75, 3.05) is 14.1 Å². The van der Waals surface area contributed by atoms with Crippen molar-refractivity contribution in [3.05, 3.63) is 74.8 Å². The molecule has 2 N–H and O–H groups in total. The summed E-state index contributed by atoms with van der Waals surface area (Å²) in [5, 5.41) is 3.64. The number of nitrogens with one attached hydrogen (secondary N) is 2. The topological polar surface area (TPSA) is 87.2 Å². The summed E-state index contributed by atoms with van der Waals surface area (Å²) in [5.41, 5.74) is 1.99. The molecule has 2 aromatic carbocycles. The van der Waals surface area contributed by atoms with Crippen LogP contribution in [0.3, 0.4) is 0 Å². The molecule has 1 heterocycles. The van der Waals surface area contributed by atoms with Gasteiger partial charge in [-0.1, -0.05) is 49.6 Å². The largest absolute Gasteiger partial charge is 0.351 e. The van der Waals surface area contributed by atoms with Crippen molar-refractivity contribution in [3.8, 4) is 0 Å². The molecule has 0 saturated heterocycles. The van der Waals surface area contributed by atoms with Crippen molar-refractivity contribution >= 4 is 35.4 Å². The Morgan fingerprint density at radius 3 is 2.45 bits per heavy atom. The van der Waals surface area contributed by atoms with Crippen LogP contribution in [0, 0.1) is 4.77 Å². The van der Waals surface area contributed by atoms with Crippen LogP contribution in [0.15, 0.2) is 53.3 Å². The van der Waals surface area contributed by atoms with E-state index in [2.05, 4.69) is 10.3 Å². The van der Waals surface area contributed by atoms with Gasteiger partial charge in [-0.25, -0.2) is 0 Å². The van der Waals surface area contributed by atoms with Crippen molar-refractivity contribution in [1.29, 1.82) is 0 Å². The van der Waals surface area contributed by atoms with E-state index in [1.807, 2.05) is 30.3 Å². The summed E-state index contributed by atoms with van der Waals surface area (Å²) in [4.78, 5) is 39.5. The Balaban J connectivity index is 0.000000555. The minimum atomic E-state index is -0.151. The maximum atomic E-state index is 12.9. The molecule has 1 fully saturated rings. The van der Waals surface area contributed by atoms with Crippen LogP contribution in [0.5, 0.6) is 0 Å². The molecule has 33 heavy (non-hydrogen) atoms. The second kappa shape index (κ2) is 11.6. The minimum absolute atomic E-state index is 0.0958. The Kier molecular flexibility index (Phi) is 8.54. The van der Waals surface area contributed by atoms with E-state index in [1.165, 1.54) is 11.3 Å². The highest BCUT2D eigenvalue weighted by Gasteiger charge is 2.17. The monoisotopic (exact) mass is 466 g/mol. The third kappa shape index (κ3) is 6.61. The Bertz CT molecular complexity index is 1210. The van der Waals surface area contributed by atoms with Gasteiger partial charge in [-0.2, -0.15) is 0 Å². The lowest BCUT2D eigenvalue weighted by atomic mass is 9.95. The molecular formula is C25H30N4O3S. The molecule has 0 bridgehead atoms. The van der Waals surface area contributed by atoms with E-state index in [4.69, 9.17) is 12.2 Å². The van der Waals surface area contributed by atoms with Crippen molar-refractivity contribution in [2.24, 2.45) is 0 Å². The zero-order chi connectivity index (χ0) is 23.8. The predicted molar refractivity (Wildman–Crippen MR) is 133 cm³/mol. The molecule has 2 amide bonds. The second-order valence-electron chi connectivity index (χ2n) is 8.44. The molecular weight excluding hydrogens is 436 g/mol. The first kappa shape index (κ1) is 24.4. The summed E-state index contributed by atoms with van der Waals surface area (Å²) in [6.07, 6.45) is 6.39. The smallest absolute Gasteiger partial charge is 0.262 e. The van der Waals surface area contributed by atoms with Gasteiger partial charge in [-0.3, -0.25) is 19.0 Å². The van der Waals surface area contributed by atoms with Gasteiger partial charge in [0.05, 0.1) is 17.4 Å². The normalized spacial score (nSPS) is 13.6.